The molecule has 2 nitrogen and oxygen atoms in total. The van der Waals surface area contributed by atoms with E-state index in [0.29, 0.717) is 0 Å². The topological polar surface area (TPSA) is 18.5 Å². The summed E-state index contributed by atoms with van der Waals surface area (Å²) in [6, 6.07) is 13.0. The van der Waals surface area contributed by atoms with Crippen LogP contribution in [0, 0.1) is 6.92 Å². The second-order valence-electron chi connectivity index (χ2n) is 12.1. The fraction of sp³-hybridized carbons (Fsp3) is 0.556. The zero-order valence-corrected chi connectivity index (χ0v) is 25.7. The van der Waals surface area contributed by atoms with E-state index in [2.05, 4.69) is 127 Å². The normalized spacial score (nSPS) is 13.2. The number of halogens is 1. The molecular formula is C27H43BrO2Si2. The molecule has 0 unspecified atom stereocenters. The van der Waals surface area contributed by atoms with E-state index in [-0.39, 0.29) is 10.1 Å². The SMILES string of the molecule is Cc1cc(Br)ccc1CCc1cc(O[Si](C)(C)C(C)(C)C)ccc1O[Si](C)(C)C(C)(C)C. The van der Waals surface area contributed by atoms with E-state index in [0.717, 1.165) is 28.8 Å². The van der Waals surface area contributed by atoms with Crippen LogP contribution < -0.4 is 8.85 Å². The third-order valence-electron chi connectivity index (χ3n) is 7.35. The molecule has 0 saturated carbocycles. The van der Waals surface area contributed by atoms with Crippen molar-refractivity contribution in [1.29, 1.82) is 0 Å². The molecule has 0 bridgehead atoms. The molecule has 2 aromatic rings. The third kappa shape index (κ3) is 6.74. The molecule has 178 valence electrons. The highest BCUT2D eigenvalue weighted by molar-refractivity contribution is 9.10. The van der Waals surface area contributed by atoms with Crippen LogP contribution in [0.3, 0.4) is 0 Å². The maximum atomic E-state index is 6.77. The number of aryl methyl sites for hydroxylation is 3. The molecule has 0 N–H and O–H groups in total. The highest BCUT2D eigenvalue weighted by Crippen LogP contribution is 2.41. The van der Waals surface area contributed by atoms with E-state index in [1.165, 1.54) is 16.7 Å². The quantitative estimate of drug-likeness (QED) is 0.329. The fourth-order valence-electron chi connectivity index (χ4n) is 3.00. The molecule has 2 rings (SSSR count). The third-order valence-corrected chi connectivity index (χ3v) is 16.5. The predicted molar refractivity (Wildman–Crippen MR) is 148 cm³/mol. The zero-order valence-electron chi connectivity index (χ0n) is 22.1. The van der Waals surface area contributed by atoms with E-state index in [4.69, 9.17) is 8.85 Å². The fourth-order valence-corrected chi connectivity index (χ4v) is 5.55. The molecule has 0 radical (unpaired) electrons. The first-order chi connectivity index (χ1) is 14.4. The van der Waals surface area contributed by atoms with Gasteiger partial charge in [-0.25, -0.2) is 0 Å². The lowest BCUT2D eigenvalue weighted by atomic mass is 10.00. The zero-order chi connectivity index (χ0) is 24.5. The van der Waals surface area contributed by atoms with Crippen LogP contribution in [0.5, 0.6) is 11.5 Å². The van der Waals surface area contributed by atoms with Crippen LogP contribution in [-0.4, -0.2) is 16.6 Å². The van der Waals surface area contributed by atoms with Gasteiger partial charge in [0.25, 0.3) is 0 Å². The van der Waals surface area contributed by atoms with Crippen LogP contribution in [0.2, 0.25) is 36.3 Å². The van der Waals surface area contributed by atoms with Crippen LogP contribution in [0.4, 0.5) is 0 Å². The van der Waals surface area contributed by atoms with Crippen molar-refractivity contribution in [3.8, 4) is 11.5 Å². The summed E-state index contributed by atoms with van der Waals surface area (Å²) in [5, 5.41) is 0.320. The lowest BCUT2D eigenvalue weighted by molar-refractivity contribution is 0.477. The van der Waals surface area contributed by atoms with E-state index in [1.54, 1.807) is 0 Å². The number of benzene rings is 2. The summed E-state index contributed by atoms with van der Waals surface area (Å²) in [5.74, 6) is 2.00. The van der Waals surface area contributed by atoms with E-state index in [9.17, 15) is 0 Å². The van der Waals surface area contributed by atoms with Gasteiger partial charge in [0.2, 0.25) is 16.6 Å². The number of hydrogen-bond acceptors (Lipinski definition) is 2. The van der Waals surface area contributed by atoms with Crippen LogP contribution >= 0.6 is 15.9 Å². The van der Waals surface area contributed by atoms with Crippen molar-refractivity contribution in [2.75, 3.05) is 0 Å². The number of hydrogen-bond donors (Lipinski definition) is 0. The average Bonchev–Trinajstić information content (AvgIpc) is 2.60. The summed E-state index contributed by atoms with van der Waals surface area (Å²) >= 11 is 3.58. The Morgan fingerprint density at radius 3 is 1.78 bits per heavy atom. The summed E-state index contributed by atoms with van der Waals surface area (Å²) in [6.07, 6.45) is 1.91. The van der Waals surface area contributed by atoms with Crippen molar-refractivity contribution in [2.45, 2.75) is 97.6 Å². The molecular weight excluding hydrogens is 492 g/mol. The summed E-state index contributed by atoms with van der Waals surface area (Å²) in [6.45, 7) is 25.1. The van der Waals surface area contributed by atoms with Crippen LogP contribution in [0.25, 0.3) is 0 Å². The van der Waals surface area contributed by atoms with Gasteiger partial charge in [0, 0.05) is 4.47 Å². The van der Waals surface area contributed by atoms with Crippen LogP contribution in [0.15, 0.2) is 40.9 Å². The molecule has 0 aliphatic heterocycles. The van der Waals surface area contributed by atoms with Crippen molar-refractivity contribution in [1.82, 2.24) is 0 Å². The molecule has 0 heterocycles. The molecule has 0 saturated heterocycles. The largest absolute Gasteiger partial charge is 0.543 e. The molecule has 32 heavy (non-hydrogen) atoms. The Bertz CT molecular complexity index is 938. The van der Waals surface area contributed by atoms with Crippen molar-refractivity contribution in [3.63, 3.8) is 0 Å². The Balaban J connectivity index is 2.40. The van der Waals surface area contributed by atoms with E-state index >= 15 is 0 Å². The molecule has 0 aliphatic rings. The van der Waals surface area contributed by atoms with Gasteiger partial charge in [-0.2, -0.15) is 0 Å². The minimum Gasteiger partial charge on any atom is -0.543 e. The second kappa shape index (κ2) is 9.67. The van der Waals surface area contributed by atoms with Crippen molar-refractivity contribution in [3.05, 3.63) is 57.6 Å². The highest BCUT2D eigenvalue weighted by atomic mass is 79.9. The Morgan fingerprint density at radius 2 is 1.25 bits per heavy atom. The molecule has 0 amide bonds. The second-order valence-corrected chi connectivity index (χ2v) is 22.4. The van der Waals surface area contributed by atoms with Crippen LogP contribution in [0.1, 0.15) is 58.2 Å². The summed E-state index contributed by atoms with van der Waals surface area (Å²) in [4.78, 5) is 0. The van der Waals surface area contributed by atoms with Crippen molar-refractivity contribution < 1.29 is 8.85 Å². The monoisotopic (exact) mass is 534 g/mol. The van der Waals surface area contributed by atoms with Gasteiger partial charge in [-0.05, 0) is 103 Å². The van der Waals surface area contributed by atoms with Gasteiger partial charge in [0.15, 0.2) is 0 Å². The highest BCUT2D eigenvalue weighted by Gasteiger charge is 2.40. The average molecular weight is 536 g/mol. The molecule has 0 aromatic heterocycles. The minimum atomic E-state index is -1.94. The van der Waals surface area contributed by atoms with Gasteiger partial charge in [0.1, 0.15) is 11.5 Å². The smallest absolute Gasteiger partial charge is 0.250 e. The first-order valence-corrected chi connectivity index (χ1v) is 18.3. The minimum absolute atomic E-state index is 0.156. The molecule has 0 aliphatic carbocycles. The number of rotatable bonds is 7. The maximum absolute atomic E-state index is 6.77. The molecule has 0 atom stereocenters. The van der Waals surface area contributed by atoms with Gasteiger partial charge in [0.05, 0.1) is 0 Å². The molecule has 5 heteroatoms. The predicted octanol–water partition coefficient (Wildman–Crippen LogP) is 9.31. The standard InChI is InChI=1S/C27H43BrO2Si2/c1-20-18-23(28)15-14-21(20)12-13-22-19-24(29-31(8,9)26(2,3)4)16-17-25(22)30-32(10,11)27(5,6)7/h14-19H,12-13H2,1-11H3. The molecule has 2 aromatic carbocycles. The Morgan fingerprint density at radius 1 is 0.719 bits per heavy atom. The Hall–Kier alpha value is -1.05. The van der Waals surface area contributed by atoms with E-state index < -0.39 is 16.6 Å². The Kier molecular flexibility index (Phi) is 8.22. The van der Waals surface area contributed by atoms with Gasteiger partial charge < -0.3 is 8.85 Å². The van der Waals surface area contributed by atoms with Gasteiger partial charge in [-0.15, -0.1) is 0 Å². The summed E-state index contributed by atoms with van der Waals surface area (Å²) in [5.41, 5.74) is 3.94. The Labute approximate surface area is 207 Å². The van der Waals surface area contributed by atoms with Crippen molar-refractivity contribution in [2.24, 2.45) is 0 Å². The summed E-state index contributed by atoms with van der Waals surface area (Å²) in [7, 11) is -3.84. The van der Waals surface area contributed by atoms with E-state index in [1.807, 2.05) is 0 Å². The first-order valence-electron chi connectivity index (χ1n) is 11.7. The van der Waals surface area contributed by atoms with Crippen molar-refractivity contribution >= 4 is 32.6 Å². The lowest BCUT2D eigenvalue weighted by Gasteiger charge is -2.38. The molecule has 0 fully saturated rings. The van der Waals surface area contributed by atoms with Gasteiger partial charge in [-0.1, -0.05) is 63.5 Å². The van der Waals surface area contributed by atoms with Gasteiger partial charge >= 0.3 is 0 Å². The van der Waals surface area contributed by atoms with Gasteiger partial charge in [-0.3, -0.25) is 0 Å². The van der Waals surface area contributed by atoms with Crippen LogP contribution in [-0.2, 0) is 12.8 Å². The summed E-state index contributed by atoms with van der Waals surface area (Å²) < 4.78 is 14.5. The molecule has 0 spiro atoms. The lowest BCUT2D eigenvalue weighted by Crippen LogP contribution is -2.44. The first kappa shape index (κ1) is 27.2. The maximum Gasteiger partial charge on any atom is 0.250 e.